The van der Waals surface area contributed by atoms with Crippen LogP contribution in [0.2, 0.25) is 0 Å². The molecule has 1 unspecified atom stereocenters. The summed E-state index contributed by atoms with van der Waals surface area (Å²) in [6, 6.07) is 5.42. The predicted molar refractivity (Wildman–Crippen MR) is 77.9 cm³/mol. The number of amides is 1. The molecule has 0 bridgehead atoms. The van der Waals surface area contributed by atoms with Crippen molar-refractivity contribution in [3.8, 4) is 0 Å². The first-order chi connectivity index (χ1) is 10.2. The van der Waals surface area contributed by atoms with Crippen LogP contribution in [0.15, 0.2) is 18.2 Å². The van der Waals surface area contributed by atoms with Gasteiger partial charge in [0.2, 0.25) is 0 Å². The zero-order valence-corrected chi connectivity index (χ0v) is 12.2. The number of carbonyl (C=O) groups is 2. The molecule has 2 heterocycles. The molecule has 1 saturated heterocycles. The number of hydrogen-bond donors (Lipinski definition) is 1. The number of benzene rings is 1. The third kappa shape index (κ3) is 2.53. The Morgan fingerprint density at radius 2 is 2.24 bits per heavy atom. The topological polar surface area (TPSA) is 58.6 Å². The Labute approximate surface area is 124 Å². The van der Waals surface area contributed by atoms with Crippen LogP contribution in [-0.2, 0) is 22.5 Å². The van der Waals surface area contributed by atoms with Crippen LogP contribution in [0.3, 0.4) is 0 Å². The van der Waals surface area contributed by atoms with Crippen molar-refractivity contribution in [2.24, 2.45) is 0 Å². The van der Waals surface area contributed by atoms with Gasteiger partial charge in [-0.2, -0.15) is 0 Å². The summed E-state index contributed by atoms with van der Waals surface area (Å²) >= 11 is 0. The summed E-state index contributed by atoms with van der Waals surface area (Å²) in [6.45, 7) is 2.31. The summed E-state index contributed by atoms with van der Waals surface area (Å²) in [5.41, 5.74) is 3.04. The molecule has 2 aliphatic rings. The molecule has 1 aromatic carbocycles. The van der Waals surface area contributed by atoms with E-state index < -0.39 is 6.04 Å². The molecule has 3 rings (SSSR count). The van der Waals surface area contributed by atoms with Crippen molar-refractivity contribution in [2.45, 2.75) is 31.8 Å². The highest BCUT2D eigenvalue weighted by Crippen LogP contribution is 2.25. The van der Waals surface area contributed by atoms with E-state index in [9.17, 15) is 9.59 Å². The van der Waals surface area contributed by atoms with Crippen LogP contribution in [0.4, 0.5) is 0 Å². The number of nitrogens with one attached hydrogen (secondary N) is 1. The normalized spacial score (nSPS) is 21.0. The van der Waals surface area contributed by atoms with Crippen molar-refractivity contribution in [1.29, 1.82) is 0 Å². The van der Waals surface area contributed by atoms with Gasteiger partial charge in [0.25, 0.3) is 5.91 Å². The summed E-state index contributed by atoms with van der Waals surface area (Å²) < 4.78 is 4.82. The van der Waals surface area contributed by atoms with Crippen LogP contribution >= 0.6 is 0 Å². The number of likely N-dealkylation sites (tertiary alicyclic amines) is 1. The number of fused-ring (bicyclic) bond motifs is 1. The van der Waals surface area contributed by atoms with Gasteiger partial charge in [-0.15, -0.1) is 0 Å². The molecular weight excluding hydrogens is 268 g/mol. The lowest BCUT2D eigenvalue weighted by Gasteiger charge is -2.26. The molecule has 5 heteroatoms. The Kier molecular flexibility index (Phi) is 3.92. The summed E-state index contributed by atoms with van der Waals surface area (Å²) in [4.78, 5) is 26.3. The average molecular weight is 288 g/mol. The molecule has 0 aliphatic carbocycles. The van der Waals surface area contributed by atoms with Crippen LogP contribution in [-0.4, -0.2) is 43.0 Å². The van der Waals surface area contributed by atoms with Gasteiger partial charge in [-0.05, 0) is 43.0 Å². The molecule has 0 spiro atoms. The first kappa shape index (κ1) is 14.1. The fourth-order valence-corrected chi connectivity index (χ4v) is 3.28. The molecular formula is C16H20N2O3. The second-order valence-corrected chi connectivity index (χ2v) is 5.55. The quantitative estimate of drug-likeness (QED) is 0.828. The average Bonchev–Trinajstić information content (AvgIpc) is 3.02. The van der Waals surface area contributed by atoms with Crippen molar-refractivity contribution in [2.75, 3.05) is 20.2 Å². The Hall–Kier alpha value is -1.88. The highest BCUT2D eigenvalue weighted by Gasteiger charge is 2.36. The molecule has 2 aliphatic heterocycles. The molecule has 1 atom stereocenters. The van der Waals surface area contributed by atoms with E-state index in [1.807, 2.05) is 12.1 Å². The summed E-state index contributed by atoms with van der Waals surface area (Å²) in [6.07, 6.45) is 2.39. The van der Waals surface area contributed by atoms with Crippen LogP contribution in [0.5, 0.6) is 0 Å². The van der Waals surface area contributed by atoms with Gasteiger partial charge < -0.3 is 15.0 Å². The van der Waals surface area contributed by atoms with Crippen LogP contribution in [0.25, 0.3) is 0 Å². The van der Waals surface area contributed by atoms with Gasteiger partial charge in [0, 0.05) is 18.7 Å². The van der Waals surface area contributed by atoms with E-state index in [0.717, 1.165) is 37.1 Å². The van der Waals surface area contributed by atoms with Gasteiger partial charge >= 0.3 is 5.97 Å². The molecule has 5 nitrogen and oxygen atoms in total. The standard InChI is InChI=1S/C16H20N2O3/c1-21-16(20)14-6-3-9-18(14)15(19)13-5-2-4-11-10-17-8-7-12(11)13/h2,4-5,14,17H,3,6-10H2,1H3. The van der Waals surface area contributed by atoms with E-state index in [4.69, 9.17) is 4.74 Å². The van der Waals surface area contributed by atoms with Crippen LogP contribution in [0.1, 0.15) is 34.3 Å². The van der Waals surface area contributed by atoms with Crippen molar-refractivity contribution >= 4 is 11.9 Å². The SMILES string of the molecule is COC(=O)C1CCCN1C(=O)c1cccc2c1CCNC2. The van der Waals surface area contributed by atoms with Crippen molar-refractivity contribution in [3.05, 3.63) is 34.9 Å². The van der Waals surface area contributed by atoms with Crippen LogP contribution in [0, 0.1) is 0 Å². The maximum atomic E-state index is 12.8. The molecule has 112 valence electrons. The maximum Gasteiger partial charge on any atom is 0.328 e. The molecule has 0 aromatic heterocycles. The predicted octanol–water partition coefficient (Wildman–Crippen LogP) is 1.11. The fraction of sp³-hybridized carbons (Fsp3) is 0.500. The first-order valence-corrected chi connectivity index (χ1v) is 7.42. The molecule has 1 aromatic rings. The van der Waals surface area contributed by atoms with Gasteiger partial charge in [-0.25, -0.2) is 4.79 Å². The van der Waals surface area contributed by atoms with E-state index in [1.54, 1.807) is 4.90 Å². The minimum atomic E-state index is -0.430. The van der Waals surface area contributed by atoms with Gasteiger partial charge in [0.05, 0.1) is 7.11 Å². The van der Waals surface area contributed by atoms with Crippen molar-refractivity contribution in [1.82, 2.24) is 10.2 Å². The Balaban J connectivity index is 1.90. The van der Waals surface area contributed by atoms with E-state index in [2.05, 4.69) is 11.4 Å². The molecule has 1 amide bonds. The number of rotatable bonds is 2. The van der Waals surface area contributed by atoms with Crippen LogP contribution < -0.4 is 5.32 Å². The monoisotopic (exact) mass is 288 g/mol. The van der Waals surface area contributed by atoms with E-state index in [-0.39, 0.29) is 11.9 Å². The van der Waals surface area contributed by atoms with Gasteiger partial charge in [0.15, 0.2) is 0 Å². The number of nitrogens with zero attached hydrogens (tertiary/aromatic N) is 1. The summed E-state index contributed by atoms with van der Waals surface area (Å²) in [7, 11) is 1.37. The third-order valence-corrected chi connectivity index (χ3v) is 4.36. The maximum absolute atomic E-state index is 12.8. The van der Waals surface area contributed by atoms with Gasteiger partial charge in [-0.1, -0.05) is 12.1 Å². The second kappa shape index (κ2) is 5.85. The van der Waals surface area contributed by atoms with E-state index in [0.29, 0.717) is 13.0 Å². The number of ether oxygens (including phenoxy) is 1. The Bertz CT molecular complexity index is 571. The van der Waals surface area contributed by atoms with Gasteiger partial charge in [0.1, 0.15) is 6.04 Å². The van der Waals surface area contributed by atoms with Crippen molar-refractivity contribution in [3.63, 3.8) is 0 Å². The minimum absolute atomic E-state index is 0.0401. The molecule has 0 radical (unpaired) electrons. The molecule has 1 N–H and O–H groups in total. The number of methoxy groups -OCH3 is 1. The van der Waals surface area contributed by atoms with Crippen molar-refractivity contribution < 1.29 is 14.3 Å². The largest absolute Gasteiger partial charge is 0.467 e. The molecule has 1 fully saturated rings. The lowest BCUT2D eigenvalue weighted by atomic mass is 9.94. The lowest BCUT2D eigenvalue weighted by Crippen LogP contribution is -2.41. The van der Waals surface area contributed by atoms with Gasteiger partial charge in [-0.3, -0.25) is 4.79 Å². The summed E-state index contributed by atoms with van der Waals surface area (Å²) in [5.74, 6) is -0.353. The summed E-state index contributed by atoms with van der Waals surface area (Å²) in [5, 5.41) is 3.31. The second-order valence-electron chi connectivity index (χ2n) is 5.55. The minimum Gasteiger partial charge on any atom is -0.467 e. The van der Waals surface area contributed by atoms with E-state index in [1.165, 1.54) is 12.7 Å². The zero-order valence-electron chi connectivity index (χ0n) is 12.2. The van der Waals surface area contributed by atoms with E-state index >= 15 is 0 Å². The molecule has 0 saturated carbocycles. The first-order valence-electron chi connectivity index (χ1n) is 7.42. The highest BCUT2D eigenvalue weighted by atomic mass is 16.5. The Morgan fingerprint density at radius 1 is 1.38 bits per heavy atom. The zero-order chi connectivity index (χ0) is 14.8. The third-order valence-electron chi connectivity index (χ3n) is 4.36. The molecule has 21 heavy (non-hydrogen) atoms. The number of hydrogen-bond acceptors (Lipinski definition) is 4. The number of esters is 1. The highest BCUT2D eigenvalue weighted by molar-refractivity contribution is 5.98. The number of carbonyl (C=O) groups excluding carboxylic acids is 2. The Morgan fingerprint density at radius 3 is 3.05 bits per heavy atom. The fourth-order valence-electron chi connectivity index (χ4n) is 3.28. The smallest absolute Gasteiger partial charge is 0.328 e. The lowest BCUT2D eigenvalue weighted by molar-refractivity contribution is -0.145.